The molecule has 3 atom stereocenters. The number of hydrogen-bond acceptors (Lipinski definition) is 10. The molecule has 1 amide bonds. The van der Waals surface area contributed by atoms with E-state index in [1.807, 2.05) is 78.9 Å². The first-order valence-electron chi connectivity index (χ1n) is 16.8. The number of carboxylic acid groups (broad SMARTS) is 5. The molecule has 16 heteroatoms. The molecule has 16 nitrogen and oxygen atoms in total. The molecule has 1 fully saturated rings. The Bertz CT molecular complexity index is 1560. The number of aliphatic hydroxyl groups is 1. The third-order valence-electron chi connectivity index (χ3n) is 7.07. The number of carbonyl (C=O) groups excluding carboxylic acids is 2. The number of aliphatic carboxylic acids is 5. The normalized spacial score (nSPS) is 13.6. The van der Waals surface area contributed by atoms with Crippen LogP contribution in [0.3, 0.4) is 0 Å². The Morgan fingerprint density at radius 3 is 1.65 bits per heavy atom. The van der Waals surface area contributed by atoms with Gasteiger partial charge in [-0.1, -0.05) is 91.0 Å². The molecule has 0 aliphatic carbocycles. The van der Waals surface area contributed by atoms with E-state index in [1.54, 1.807) is 19.1 Å². The van der Waals surface area contributed by atoms with Crippen LogP contribution >= 0.6 is 0 Å². The Kier molecular flexibility index (Phi) is 25.4. The van der Waals surface area contributed by atoms with Crippen LogP contribution in [0.4, 0.5) is 0 Å². The number of nitrogens with two attached hydrogens (primary N) is 1. The number of likely N-dealkylation sites (tertiary alicyclic amines) is 1. The minimum Gasteiger partial charge on any atom is -0.481 e. The number of nitrogens with one attached hydrogen (secondary N) is 1. The van der Waals surface area contributed by atoms with Crippen LogP contribution in [0.15, 0.2) is 91.0 Å². The Hall–Kier alpha value is -5.97. The fourth-order valence-electron chi connectivity index (χ4n) is 4.32. The highest BCUT2D eigenvalue weighted by molar-refractivity contribution is 5.87. The van der Waals surface area contributed by atoms with Gasteiger partial charge in [0.1, 0.15) is 24.4 Å². The van der Waals surface area contributed by atoms with Gasteiger partial charge < -0.3 is 46.6 Å². The number of carboxylic acids is 5. The number of aldehydes is 1. The van der Waals surface area contributed by atoms with Crippen LogP contribution in [0.1, 0.15) is 66.9 Å². The molecule has 1 aliphatic rings. The van der Waals surface area contributed by atoms with E-state index in [2.05, 4.69) is 5.32 Å². The smallest absolute Gasteiger partial charge is 0.326 e. The number of carbonyl (C=O) groups is 7. The molecule has 4 rings (SSSR count). The van der Waals surface area contributed by atoms with Gasteiger partial charge >= 0.3 is 29.8 Å². The molecule has 294 valence electrons. The number of aliphatic hydroxyl groups excluding tert-OH is 1. The lowest BCUT2D eigenvalue weighted by Gasteiger charge is -2.21. The van der Waals surface area contributed by atoms with Crippen molar-refractivity contribution in [3.63, 3.8) is 0 Å². The van der Waals surface area contributed by atoms with Crippen molar-refractivity contribution in [2.24, 2.45) is 5.73 Å². The summed E-state index contributed by atoms with van der Waals surface area (Å²) in [5.41, 5.74) is 7.66. The number of hydrogen-bond donors (Lipinski definition) is 8. The van der Waals surface area contributed by atoms with Crippen molar-refractivity contribution < 1.29 is 64.2 Å². The van der Waals surface area contributed by atoms with E-state index in [4.69, 9.17) is 36.4 Å². The number of nitrogens with zero attached hydrogens (tertiary/aromatic N) is 1. The van der Waals surface area contributed by atoms with Gasteiger partial charge in [-0.3, -0.25) is 28.8 Å². The average molecular weight is 756 g/mol. The molecule has 3 aromatic rings. The molecular weight excluding hydrogens is 706 g/mol. The largest absolute Gasteiger partial charge is 0.481 e. The van der Waals surface area contributed by atoms with Crippen LogP contribution in [-0.4, -0.2) is 102 Å². The third-order valence-corrected chi connectivity index (χ3v) is 7.07. The van der Waals surface area contributed by atoms with Crippen LogP contribution in [0.2, 0.25) is 0 Å². The summed E-state index contributed by atoms with van der Waals surface area (Å²) in [5.74, 6) is -5.20. The lowest BCUT2D eigenvalue weighted by atomic mass is 10.1. The van der Waals surface area contributed by atoms with Crippen molar-refractivity contribution in [2.75, 3.05) is 6.61 Å². The summed E-state index contributed by atoms with van der Waals surface area (Å²) in [4.78, 5) is 75.1. The lowest BCUT2D eigenvalue weighted by Crippen LogP contribution is -2.37. The highest BCUT2D eigenvalue weighted by Crippen LogP contribution is 2.21. The van der Waals surface area contributed by atoms with Gasteiger partial charge in [-0.05, 0) is 37.3 Å². The summed E-state index contributed by atoms with van der Waals surface area (Å²) in [6, 6.07) is 25.4. The summed E-state index contributed by atoms with van der Waals surface area (Å²) >= 11 is 0. The van der Waals surface area contributed by atoms with Gasteiger partial charge in [0.15, 0.2) is 0 Å². The average Bonchev–Trinajstić information content (AvgIpc) is 3.52. The van der Waals surface area contributed by atoms with E-state index in [-0.39, 0.29) is 38.2 Å². The fourth-order valence-corrected chi connectivity index (χ4v) is 4.32. The lowest BCUT2D eigenvalue weighted by molar-refractivity contribution is -0.146. The molecular formula is C38H49N3O13. The maximum Gasteiger partial charge on any atom is 0.326 e. The maximum atomic E-state index is 11.6. The van der Waals surface area contributed by atoms with E-state index >= 15 is 0 Å². The van der Waals surface area contributed by atoms with Gasteiger partial charge in [0.25, 0.3) is 0 Å². The van der Waals surface area contributed by atoms with Gasteiger partial charge in [0.05, 0.1) is 0 Å². The Morgan fingerprint density at radius 2 is 1.24 bits per heavy atom. The topological polar surface area (TPSA) is 282 Å². The first-order chi connectivity index (χ1) is 25.7. The van der Waals surface area contributed by atoms with E-state index < -0.39 is 48.0 Å². The molecule has 9 N–H and O–H groups in total. The molecule has 0 radical (unpaired) electrons. The van der Waals surface area contributed by atoms with Crippen molar-refractivity contribution in [1.82, 2.24) is 10.2 Å². The summed E-state index contributed by atoms with van der Waals surface area (Å²) < 4.78 is 0. The fraction of sp³-hybridized carbons (Fsp3) is 0.342. The van der Waals surface area contributed by atoms with Crippen LogP contribution in [0, 0.1) is 0 Å². The van der Waals surface area contributed by atoms with Crippen LogP contribution in [0.25, 0.3) is 0 Å². The maximum absolute atomic E-state index is 11.6. The van der Waals surface area contributed by atoms with Crippen molar-refractivity contribution in [3.8, 4) is 0 Å². The molecule has 1 saturated heterocycles. The van der Waals surface area contributed by atoms with Gasteiger partial charge in [0, 0.05) is 44.5 Å². The second-order valence-corrected chi connectivity index (χ2v) is 11.3. The molecule has 0 aromatic heterocycles. The molecule has 0 saturated carbocycles. The van der Waals surface area contributed by atoms with Crippen molar-refractivity contribution in [2.45, 2.75) is 76.7 Å². The van der Waals surface area contributed by atoms with E-state index in [9.17, 15) is 33.6 Å². The van der Waals surface area contributed by atoms with Crippen molar-refractivity contribution >= 4 is 42.0 Å². The van der Waals surface area contributed by atoms with Gasteiger partial charge in [-0.25, -0.2) is 4.79 Å². The molecule has 1 heterocycles. The molecule has 0 spiro atoms. The summed E-state index contributed by atoms with van der Waals surface area (Å²) in [6.45, 7) is 2.73. The molecule has 0 unspecified atom stereocenters. The highest BCUT2D eigenvalue weighted by Gasteiger charge is 2.35. The predicted molar refractivity (Wildman–Crippen MR) is 196 cm³/mol. The van der Waals surface area contributed by atoms with E-state index in [1.165, 1.54) is 4.90 Å². The summed E-state index contributed by atoms with van der Waals surface area (Å²) in [7, 11) is 0. The highest BCUT2D eigenvalue weighted by atomic mass is 16.4. The van der Waals surface area contributed by atoms with Gasteiger partial charge in [-0.2, -0.15) is 0 Å². The summed E-state index contributed by atoms with van der Waals surface area (Å²) in [6.07, 6.45) is 1.29. The predicted octanol–water partition coefficient (Wildman–Crippen LogP) is 3.12. The van der Waals surface area contributed by atoms with Crippen LogP contribution in [0.5, 0.6) is 0 Å². The molecule has 54 heavy (non-hydrogen) atoms. The standard InChI is InChI=1S/C12H15NO4.C12H13NO3.C7H6O.C5H9NO4.C2H6O/c14-11(15)7-6-10(12(16)17)13-8-9-4-2-1-3-5-9;14-11-7-6-10(12(15)16)13(11)8-9-4-2-1-3-5-9;8-6-7-4-2-1-3-5-7;6-3(5(9)10)1-2-4(7)8;1-2-3/h1-5,10,13H,6-8H2,(H,14,15)(H,16,17);1-5,10H,6-8H2,(H,15,16);1-6H;3H,1-2,6H2,(H,7,8)(H,9,10);3H,2H2,1H3/t2*10-;;3-;/m11.1./s1. The zero-order valence-corrected chi connectivity index (χ0v) is 29.9. The van der Waals surface area contributed by atoms with Gasteiger partial charge in [0.2, 0.25) is 5.91 Å². The minimum absolute atomic E-state index is 0.0231. The Morgan fingerprint density at radius 1 is 0.778 bits per heavy atom. The third kappa shape index (κ3) is 22.8. The first-order valence-corrected chi connectivity index (χ1v) is 16.8. The molecule has 1 aliphatic heterocycles. The van der Waals surface area contributed by atoms with E-state index in [0.717, 1.165) is 23.0 Å². The number of rotatable bonds is 15. The number of amides is 1. The second kappa shape index (κ2) is 28.6. The monoisotopic (exact) mass is 755 g/mol. The van der Waals surface area contributed by atoms with Crippen LogP contribution in [-0.2, 0) is 41.9 Å². The minimum atomic E-state index is -1.17. The molecule has 3 aromatic carbocycles. The Labute approximate surface area is 312 Å². The summed E-state index contributed by atoms with van der Waals surface area (Å²) in [5, 5.41) is 53.1. The van der Waals surface area contributed by atoms with Crippen LogP contribution < -0.4 is 11.1 Å². The second-order valence-electron chi connectivity index (χ2n) is 11.3. The zero-order chi connectivity index (χ0) is 40.9. The first kappa shape index (κ1) is 48.0. The van der Waals surface area contributed by atoms with Gasteiger partial charge in [-0.15, -0.1) is 0 Å². The number of benzene rings is 3. The molecule has 0 bridgehead atoms. The quantitative estimate of drug-likeness (QED) is 0.103. The van der Waals surface area contributed by atoms with Crippen molar-refractivity contribution in [3.05, 3.63) is 108 Å². The Balaban J connectivity index is 0.000000702. The van der Waals surface area contributed by atoms with Crippen molar-refractivity contribution in [1.29, 1.82) is 0 Å². The SMILES string of the molecule is CCO.N[C@H](CCC(=O)O)C(=O)O.O=C(O)CC[C@@H](NCc1ccccc1)C(=O)O.O=C(O)[C@H]1CCC(=O)N1Cc1ccccc1.O=Cc1ccccc1. The zero-order valence-electron chi connectivity index (χ0n) is 29.9. The van der Waals surface area contributed by atoms with E-state index in [0.29, 0.717) is 25.9 Å².